The third-order valence-electron chi connectivity index (χ3n) is 4.89. The number of nitrogens with zero attached hydrogens (tertiary/aromatic N) is 2. The van der Waals surface area contributed by atoms with Crippen LogP contribution in [0.25, 0.3) is 0 Å². The van der Waals surface area contributed by atoms with Gasteiger partial charge in [0.25, 0.3) is 0 Å². The van der Waals surface area contributed by atoms with Gasteiger partial charge in [0.15, 0.2) is 5.13 Å². The molecule has 0 fully saturated rings. The third-order valence-corrected chi connectivity index (χ3v) is 5.61. The molecule has 0 atom stereocenters. The van der Waals surface area contributed by atoms with Gasteiger partial charge in [-0.25, -0.2) is 4.98 Å². The number of hydrogen-bond acceptors (Lipinski definition) is 5. The lowest BCUT2D eigenvalue weighted by molar-refractivity contribution is -0.137. The van der Waals surface area contributed by atoms with E-state index in [2.05, 4.69) is 4.98 Å². The zero-order valence-corrected chi connectivity index (χ0v) is 16.6. The Bertz CT molecular complexity index is 1060. The molecule has 4 rings (SSSR count). The second-order valence-corrected chi connectivity index (χ2v) is 7.83. The molecule has 0 radical (unpaired) electrons. The van der Waals surface area contributed by atoms with Gasteiger partial charge >= 0.3 is 6.18 Å². The van der Waals surface area contributed by atoms with Gasteiger partial charge < -0.3 is 15.4 Å². The molecule has 1 aliphatic rings. The highest BCUT2D eigenvalue weighted by atomic mass is 32.1. The summed E-state index contributed by atoms with van der Waals surface area (Å²) < 4.78 is 44.0. The van der Waals surface area contributed by atoms with Crippen LogP contribution in [0.15, 0.2) is 47.8 Å². The van der Waals surface area contributed by atoms with Gasteiger partial charge in [0.2, 0.25) is 5.91 Å². The van der Waals surface area contributed by atoms with E-state index in [1.807, 2.05) is 12.1 Å². The Hall–Kier alpha value is -3.07. The summed E-state index contributed by atoms with van der Waals surface area (Å²) in [6.07, 6.45) is -3.59. The molecule has 0 unspecified atom stereocenters. The number of ether oxygens (including phenoxy) is 1. The summed E-state index contributed by atoms with van der Waals surface area (Å²) in [7, 11) is 0. The molecule has 5 nitrogen and oxygen atoms in total. The number of nitrogens with two attached hydrogens (primary N) is 1. The van der Waals surface area contributed by atoms with Crippen molar-refractivity contribution >= 4 is 22.4 Å². The topological polar surface area (TPSA) is 68.5 Å². The third kappa shape index (κ3) is 4.40. The highest BCUT2D eigenvalue weighted by Crippen LogP contribution is 2.34. The van der Waals surface area contributed by atoms with Crippen LogP contribution in [0.1, 0.15) is 22.4 Å². The predicted molar refractivity (Wildman–Crippen MR) is 107 cm³/mol. The van der Waals surface area contributed by atoms with Crippen LogP contribution in [0.3, 0.4) is 0 Å². The van der Waals surface area contributed by atoms with E-state index < -0.39 is 11.7 Å². The van der Waals surface area contributed by atoms with Gasteiger partial charge in [-0.2, -0.15) is 13.2 Å². The van der Waals surface area contributed by atoms with Crippen LogP contribution in [-0.4, -0.2) is 22.3 Å². The fourth-order valence-electron chi connectivity index (χ4n) is 3.39. The van der Waals surface area contributed by atoms with E-state index in [1.54, 1.807) is 16.3 Å². The van der Waals surface area contributed by atoms with Crippen LogP contribution in [0, 0.1) is 0 Å². The van der Waals surface area contributed by atoms with Crippen molar-refractivity contribution in [2.45, 2.75) is 25.6 Å². The van der Waals surface area contributed by atoms with Crippen molar-refractivity contribution in [2.24, 2.45) is 0 Å². The molecule has 0 saturated carbocycles. The van der Waals surface area contributed by atoms with Gasteiger partial charge in [0.05, 0.1) is 17.7 Å². The van der Waals surface area contributed by atoms with Crippen molar-refractivity contribution in [3.8, 4) is 11.5 Å². The Morgan fingerprint density at radius 1 is 1.20 bits per heavy atom. The number of amides is 1. The summed E-state index contributed by atoms with van der Waals surface area (Å²) in [4.78, 5) is 18.5. The highest BCUT2D eigenvalue weighted by Gasteiger charge is 2.30. The van der Waals surface area contributed by atoms with E-state index in [4.69, 9.17) is 10.5 Å². The SMILES string of the molecule is Nc1nc(CC(=O)N2CCc3c(cccc3Oc3ccc(C(F)(F)F)cc3)C2)cs1. The number of alkyl halides is 3. The number of hydrogen-bond donors (Lipinski definition) is 1. The van der Waals surface area contributed by atoms with E-state index in [0.717, 1.165) is 23.3 Å². The molecule has 2 aromatic carbocycles. The lowest BCUT2D eigenvalue weighted by atomic mass is 9.98. The van der Waals surface area contributed by atoms with E-state index in [9.17, 15) is 18.0 Å². The Morgan fingerprint density at radius 2 is 1.97 bits per heavy atom. The van der Waals surface area contributed by atoms with Crippen molar-refractivity contribution in [3.05, 3.63) is 70.2 Å². The molecule has 30 heavy (non-hydrogen) atoms. The zero-order valence-electron chi connectivity index (χ0n) is 15.8. The molecule has 1 aliphatic heterocycles. The summed E-state index contributed by atoms with van der Waals surface area (Å²) >= 11 is 1.30. The van der Waals surface area contributed by atoms with Gasteiger partial charge in [-0.15, -0.1) is 11.3 Å². The van der Waals surface area contributed by atoms with Gasteiger partial charge in [-0.3, -0.25) is 4.79 Å². The van der Waals surface area contributed by atoms with Gasteiger partial charge in [-0.1, -0.05) is 12.1 Å². The number of carbonyl (C=O) groups is 1. The van der Waals surface area contributed by atoms with E-state index in [0.29, 0.717) is 41.8 Å². The molecule has 156 valence electrons. The number of thiazole rings is 1. The second kappa shape index (κ2) is 7.98. The van der Waals surface area contributed by atoms with Crippen molar-refractivity contribution in [3.63, 3.8) is 0 Å². The zero-order chi connectivity index (χ0) is 21.3. The Kier molecular flexibility index (Phi) is 5.38. The quantitative estimate of drug-likeness (QED) is 0.650. The number of anilines is 1. The lowest BCUT2D eigenvalue weighted by Gasteiger charge is -2.30. The minimum atomic E-state index is -4.38. The number of aromatic nitrogens is 1. The molecule has 0 saturated heterocycles. The number of fused-ring (bicyclic) bond motifs is 1. The normalized spacial score (nSPS) is 13.8. The first kappa shape index (κ1) is 20.2. The summed E-state index contributed by atoms with van der Waals surface area (Å²) in [5.74, 6) is 0.891. The van der Waals surface area contributed by atoms with Gasteiger partial charge in [0, 0.05) is 24.0 Å². The number of halogens is 3. The molecule has 0 bridgehead atoms. The molecule has 1 amide bonds. The van der Waals surface area contributed by atoms with Gasteiger partial charge in [0.1, 0.15) is 11.5 Å². The molecule has 2 heterocycles. The first-order chi connectivity index (χ1) is 14.3. The van der Waals surface area contributed by atoms with Gasteiger partial charge in [-0.05, 0) is 42.3 Å². The largest absolute Gasteiger partial charge is 0.457 e. The Morgan fingerprint density at radius 3 is 2.63 bits per heavy atom. The van der Waals surface area contributed by atoms with Crippen LogP contribution >= 0.6 is 11.3 Å². The van der Waals surface area contributed by atoms with Crippen LogP contribution in [-0.2, 0) is 30.4 Å². The monoisotopic (exact) mass is 433 g/mol. The van der Waals surface area contributed by atoms with Crippen molar-refractivity contribution in [2.75, 3.05) is 12.3 Å². The first-order valence-corrected chi connectivity index (χ1v) is 10.1. The number of carbonyl (C=O) groups excluding carboxylic acids is 1. The van der Waals surface area contributed by atoms with Crippen LogP contribution in [0.2, 0.25) is 0 Å². The lowest BCUT2D eigenvalue weighted by Crippen LogP contribution is -2.37. The van der Waals surface area contributed by atoms with E-state index >= 15 is 0 Å². The van der Waals surface area contributed by atoms with Crippen LogP contribution in [0.5, 0.6) is 11.5 Å². The van der Waals surface area contributed by atoms with Crippen molar-refractivity contribution in [1.82, 2.24) is 9.88 Å². The summed E-state index contributed by atoms with van der Waals surface area (Å²) in [5, 5.41) is 2.22. The molecular weight excluding hydrogens is 415 g/mol. The fraction of sp³-hybridized carbons (Fsp3) is 0.238. The first-order valence-electron chi connectivity index (χ1n) is 9.23. The summed E-state index contributed by atoms with van der Waals surface area (Å²) in [6.45, 7) is 0.969. The molecular formula is C21H18F3N3O2S. The van der Waals surface area contributed by atoms with Crippen LogP contribution in [0.4, 0.5) is 18.3 Å². The molecule has 0 aliphatic carbocycles. The predicted octanol–water partition coefficient (Wildman–Crippen LogP) is 4.66. The number of benzene rings is 2. The average molecular weight is 433 g/mol. The van der Waals surface area contributed by atoms with E-state index in [1.165, 1.54) is 23.5 Å². The maximum absolute atomic E-state index is 12.7. The highest BCUT2D eigenvalue weighted by molar-refractivity contribution is 7.13. The molecule has 1 aromatic heterocycles. The standard InChI is InChI=1S/C21H18F3N3O2S/c22-21(23,24)14-4-6-16(7-5-14)29-18-3-1-2-13-11-27(9-8-17(13)18)19(28)10-15-12-30-20(25)26-15/h1-7,12H,8-11H2,(H2,25,26). The van der Waals surface area contributed by atoms with Crippen molar-refractivity contribution in [1.29, 1.82) is 0 Å². The Balaban J connectivity index is 1.46. The maximum atomic E-state index is 12.7. The Labute approximate surface area is 174 Å². The smallest absolute Gasteiger partial charge is 0.416 e. The summed E-state index contributed by atoms with van der Waals surface area (Å²) in [5.41, 5.74) is 7.47. The molecule has 0 spiro atoms. The number of nitrogen functional groups attached to an aromatic ring is 1. The van der Waals surface area contributed by atoms with Crippen molar-refractivity contribution < 1.29 is 22.7 Å². The number of rotatable bonds is 4. The average Bonchev–Trinajstić information content (AvgIpc) is 3.12. The molecule has 9 heteroatoms. The second-order valence-electron chi connectivity index (χ2n) is 6.94. The molecule has 3 aromatic rings. The minimum Gasteiger partial charge on any atom is -0.457 e. The maximum Gasteiger partial charge on any atom is 0.416 e. The van der Waals surface area contributed by atoms with Crippen LogP contribution < -0.4 is 10.5 Å². The molecule has 2 N–H and O–H groups in total. The summed E-state index contributed by atoms with van der Waals surface area (Å²) in [6, 6.07) is 10.1. The van der Waals surface area contributed by atoms with E-state index in [-0.39, 0.29) is 12.3 Å². The fourth-order valence-corrected chi connectivity index (χ4v) is 3.96. The minimum absolute atomic E-state index is 0.0278.